The van der Waals surface area contributed by atoms with E-state index in [2.05, 4.69) is 14.8 Å². The van der Waals surface area contributed by atoms with Gasteiger partial charge in [-0.25, -0.2) is 9.18 Å². The molecule has 1 atom stereocenters. The van der Waals surface area contributed by atoms with Crippen LogP contribution in [0, 0.1) is 5.82 Å². The van der Waals surface area contributed by atoms with Gasteiger partial charge < -0.3 is 14.6 Å². The third-order valence-electron chi connectivity index (χ3n) is 5.69. The summed E-state index contributed by atoms with van der Waals surface area (Å²) in [6.45, 7) is 0.280. The lowest BCUT2D eigenvalue weighted by atomic mass is 9.92. The molecular weight excluding hydrogens is 403 g/mol. The number of nitrogens with one attached hydrogen (secondary N) is 2. The molecule has 2 N–H and O–H groups in total. The average molecular weight is 423 g/mol. The summed E-state index contributed by atoms with van der Waals surface area (Å²) in [6, 6.07) is 11.9. The number of para-hydroxylation sites is 1. The lowest BCUT2D eigenvalue weighted by Gasteiger charge is -2.35. The van der Waals surface area contributed by atoms with Crippen LogP contribution in [-0.2, 0) is 17.8 Å². The first-order valence-electron chi connectivity index (χ1n) is 9.85. The van der Waals surface area contributed by atoms with Gasteiger partial charge in [0.25, 0.3) is 18.6 Å². The number of ether oxygens (including phenoxy) is 1. The van der Waals surface area contributed by atoms with Crippen LogP contribution >= 0.6 is 0 Å². The van der Waals surface area contributed by atoms with E-state index < -0.39 is 17.5 Å². The summed E-state index contributed by atoms with van der Waals surface area (Å²) in [5, 5.41) is 3.45. The maximum absolute atomic E-state index is 15.1. The van der Waals surface area contributed by atoms with Gasteiger partial charge in [0, 0.05) is 34.8 Å². The van der Waals surface area contributed by atoms with E-state index in [1.54, 1.807) is 17.0 Å². The van der Waals surface area contributed by atoms with Crippen LogP contribution in [0.2, 0.25) is 0 Å². The molecule has 0 bridgehead atoms. The highest BCUT2D eigenvalue weighted by molar-refractivity contribution is 5.86. The number of halogens is 1. The second kappa shape index (κ2) is 7.42. The number of methoxy groups -OCH3 is 1. The molecule has 0 radical (unpaired) electrons. The van der Waals surface area contributed by atoms with Crippen LogP contribution < -0.4 is 15.0 Å². The second-order valence-electron chi connectivity index (χ2n) is 7.46. The summed E-state index contributed by atoms with van der Waals surface area (Å²) in [5.74, 6) is -0.331. The number of carbonyl (C=O) groups excluding carboxylic acids is 1. The summed E-state index contributed by atoms with van der Waals surface area (Å²) in [7, 11) is 1.48. The molecule has 31 heavy (non-hydrogen) atoms. The lowest BCUT2D eigenvalue weighted by Crippen LogP contribution is -2.49. The standard InChI is InChI=1S/C22H19FN4O4/c1-30-13-6-7-16(17(23)10-13)22-21-15(14-4-2-3-5-18(14)24-21)8-9-27(22)19(28)11-26-12-20(29)31-25-26/h2-7,10,12,22,24H,8-9,11H2,1H3/p+1/t22-/m0/s1. The number of nitrogens with zero attached hydrogens (tertiary/aromatic N) is 2. The van der Waals surface area contributed by atoms with Crippen molar-refractivity contribution >= 4 is 16.8 Å². The molecule has 0 spiro atoms. The van der Waals surface area contributed by atoms with E-state index in [1.807, 2.05) is 24.3 Å². The van der Waals surface area contributed by atoms with Crippen molar-refractivity contribution in [1.29, 1.82) is 0 Å². The van der Waals surface area contributed by atoms with Crippen molar-refractivity contribution in [2.75, 3.05) is 13.7 Å². The molecule has 2 aromatic heterocycles. The van der Waals surface area contributed by atoms with Gasteiger partial charge in [0.15, 0.2) is 0 Å². The van der Waals surface area contributed by atoms with Crippen molar-refractivity contribution < 1.29 is 23.1 Å². The van der Waals surface area contributed by atoms with Crippen LogP contribution in [0.5, 0.6) is 5.75 Å². The number of benzene rings is 2. The van der Waals surface area contributed by atoms with Crippen LogP contribution in [0.1, 0.15) is 22.9 Å². The predicted octanol–water partition coefficient (Wildman–Crippen LogP) is 2.06. The Bertz CT molecular complexity index is 1340. The zero-order valence-electron chi connectivity index (χ0n) is 16.7. The topological polar surface area (TPSA) is 95.2 Å². The first kappa shape index (κ1) is 19.1. The third-order valence-corrected chi connectivity index (χ3v) is 5.69. The summed E-state index contributed by atoms with van der Waals surface area (Å²) >= 11 is 0. The van der Waals surface area contributed by atoms with Crippen molar-refractivity contribution in [3.63, 3.8) is 0 Å². The van der Waals surface area contributed by atoms with Gasteiger partial charge >= 0.3 is 5.63 Å². The summed E-state index contributed by atoms with van der Waals surface area (Å²) in [5.41, 5.74) is 2.59. The number of hydrogen-bond donors (Lipinski definition) is 2. The van der Waals surface area contributed by atoms with Gasteiger partial charge in [-0.2, -0.15) is 0 Å². The zero-order chi connectivity index (χ0) is 21.5. The van der Waals surface area contributed by atoms with Crippen molar-refractivity contribution in [2.45, 2.75) is 19.0 Å². The van der Waals surface area contributed by atoms with Gasteiger partial charge in [0.2, 0.25) is 0 Å². The monoisotopic (exact) mass is 423 g/mol. The molecule has 4 aromatic rings. The Kier molecular flexibility index (Phi) is 4.58. The van der Waals surface area contributed by atoms with E-state index in [4.69, 9.17) is 4.74 Å². The number of aromatic nitrogens is 3. The first-order valence-corrected chi connectivity index (χ1v) is 9.85. The highest BCUT2D eigenvalue weighted by Crippen LogP contribution is 2.39. The number of aromatic amines is 2. The first-order chi connectivity index (χ1) is 15.0. The van der Waals surface area contributed by atoms with Gasteiger partial charge in [0.05, 0.1) is 7.11 Å². The second-order valence-corrected chi connectivity index (χ2v) is 7.46. The van der Waals surface area contributed by atoms with Gasteiger partial charge in [-0.3, -0.25) is 9.32 Å². The van der Waals surface area contributed by atoms with Crippen LogP contribution in [0.15, 0.2) is 58.0 Å². The Morgan fingerprint density at radius 2 is 2.16 bits per heavy atom. The van der Waals surface area contributed by atoms with Crippen LogP contribution in [0.3, 0.4) is 0 Å². The molecule has 1 aliphatic heterocycles. The van der Waals surface area contributed by atoms with E-state index in [9.17, 15) is 9.59 Å². The molecule has 158 valence electrons. The van der Waals surface area contributed by atoms with Crippen LogP contribution in [0.25, 0.3) is 10.9 Å². The molecule has 0 aliphatic carbocycles. The van der Waals surface area contributed by atoms with Gasteiger partial charge in [0.1, 0.15) is 17.6 Å². The molecule has 1 amide bonds. The molecule has 0 unspecified atom stereocenters. The summed E-state index contributed by atoms with van der Waals surface area (Å²) in [4.78, 5) is 29.5. The van der Waals surface area contributed by atoms with Crippen molar-refractivity contribution in [3.05, 3.63) is 81.7 Å². The Labute approximate surface area is 175 Å². The SMILES string of the molecule is COc1ccc([C@H]2c3[nH]c4ccccc4c3CCN2C(=O)C[n+]2cc(=O)o[nH]2)c(F)c1. The third kappa shape index (κ3) is 3.27. The molecule has 0 saturated heterocycles. The molecule has 8 nitrogen and oxygen atoms in total. The lowest BCUT2D eigenvalue weighted by molar-refractivity contribution is -0.751. The maximum Gasteiger partial charge on any atom is 0.426 e. The molecule has 3 heterocycles. The molecule has 2 aromatic carbocycles. The molecular formula is C22H20FN4O4+. The molecule has 0 saturated carbocycles. The highest BCUT2D eigenvalue weighted by Gasteiger charge is 2.37. The highest BCUT2D eigenvalue weighted by atomic mass is 19.1. The van der Waals surface area contributed by atoms with Crippen molar-refractivity contribution in [1.82, 2.24) is 15.2 Å². The maximum atomic E-state index is 15.1. The normalized spacial score (nSPS) is 15.8. The van der Waals surface area contributed by atoms with Gasteiger partial charge in [-0.15, -0.1) is 0 Å². The Balaban J connectivity index is 1.62. The Morgan fingerprint density at radius 3 is 2.90 bits per heavy atom. The van der Waals surface area contributed by atoms with E-state index in [0.29, 0.717) is 24.3 Å². The van der Waals surface area contributed by atoms with E-state index >= 15 is 4.39 Å². The predicted molar refractivity (Wildman–Crippen MR) is 108 cm³/mol. The number of rotatable bonds is 4. The average Bonchev–Trinajstić information content (AvgIpc) is 3.36. The molecule has 0 fully saturated rings. The number of carbonyl (C=O) groups is 1. The fourth-order valence-corrected chi connectivity index (χ4v) is 4.29. The van der Waals surface area contributed by atoms with Crippen molar-refractivity contribution in [2.24, 2.45) is 0 Å². The number of amides is 1. The van der Waals surface area contributed by atoms with Crippen molar-refractivity contribution in [3.8, 4) is 5.75 Å². The molecule has 9 heteroatoms. The van der Waals surface area contributed by atoms with Gasteiger partial charge in [-0.1, -0.05) is 22.9 Å². The Hall–Kier alpha value is -3.88. The minimum absolute atomic E-state index is 0.129. The number of H-pyrrole nitrogens is 2. The fraction of sp³-hybridized carbons (Fsp3) is 0.227. The molecule has 5 rings (SSSR count). The minimum atomic E-state index is -0.645. The van der Waals surface area contributed by atoms with E-state index in [0.717, 1.165) is 22.2 Å². The van der Waals surface area contributed by atoms with E-state index in [-0.39, 0.29) is 12.5 Å². The smallest absolute Gasteiger partial charge is 0.426 e. The number of fused-ring (bicyclic) bond motifs is 3. The van der Waals surface area contributed by atoms with E-state index in [1.165, 1.54) is 24.1 Å². The zero-order valence-corrected chi connectivity index (χ0v) is 16.7. The summed E-state index contributed by atoms with van der Waals surface area (Å²) in [6.07, 6.45) is 1.80. The van der Waals surface area contributed by atoms with Gasteiger partial charge in [-0.05, 0) is 35.5 Å². The Morgan fingerprint density at radius 1 is 1.32 bits per heavy atom. The number of hydrogen-bond acceptors (Lipinski definition) is 4. The minimum Gasteiger partial charge on any atom is -0.497 e. The molecule has 1 aliphatic rings. The quantitative estimate of drug-likeness (QED) is 0.491. The largest absolute Gasteiger partial charge is 0.497 e. The van der Waals surface area contributed by atoms with Crippen LogP contribution in [0.4, 0.5) is 4.39 Å². The fourth-order valence-electron chi connectivity index (χ4n) is 4.29. The van der Waals surface area contributed by atoms with Crippen LogP contribution in [-0.4, -0.2) is 34.7 Å². The summed E-state index contributed by atoms with van der Waals surface area (Å²) < 4.78 is 26.2.